The fraction of sp³-hybridized carbons (Fsp3) is 0.118. The summed E-state index contributed by atoms with van der Waals surface area (Å²) in [5, 5.41) is 11.5. The van der Waals surface area contributed by atoms with Crippen LogP contribution in [0.4, 0.5) is 0 Å². The molecule has 0 aliphatic heterocycles. The highest BCUT2D eigenvalue weighted by molar-refractivity contribution is 6.62. The molecule has 118 valence electrons. The van der Waals surface area contributed by atoms with Crippen molar-refractivity contribution in [1.82, 2.24) is 0 Å². The van der Waals surface area contributed by atoms with Crippen LogP contribution >= 0.6 is 0 Å². The van der Waals surface area contributed by atoms with Crippen LogP contribution in [0.1, 0.15) is 11.1 Å². The predicted molar refractivity (Wildman–Crippen MR) is 81.7 cm³/mol. The molecular weight excluding hydrogens is 298 g/mol. The molecule has 23 heavy (non-hydrogen) atoms. The van der Waals surface area contributed by atoms with Crippen molar-refractivity contribution >= 4 is 17.7 Å². The van der Waals surface area contributed by atoms with Gasteiger partial charge in [0.05, 0.1) is 0 Å². The number of carbonyl (C=O) groups excluding carboxylic acids is 2. The van der Waals surface area contributed by atoms with E-state index in [9.17, 15) is 9.59 Å². The molecule has 0 spiro atoms. The van der Waals surface area contributed by atoms with Gasteiger partial charge in [0.2, 0.25) is 0 Å². The van der Waals surface area contributed by atoms with E-state index >= 15 is 0 Å². The van der Waals surface area contributed by atoms with Gasteiger partial charge in [-0.25, -0.2) is 9.59 Å². The maximum Gasteiger partial charge on any atom is 0.368 e. The van der Waals surface area contributed by atoms with Crippen molar-refractivity contribution in [3.05, 3.63) is 71.8 Å². The van der Waals surface area contributed by atoms with Crippen LogP contribution in [-0.2, 0) is 32.3 Å². The largest absolute Gasteiger partial charge is 0.456 e. The molecule has 6 heteroatoms. The van der Waals surface area contributed by atoms with Crippen molar-refractivity contribution < 1.29 is 24.3 Å². The molecule has 2 rings (SSSR count). The Labute approximate surface area is 133 Å². The lowest BCUT2D eigenvalue weighted by Gasteiger charge is -2.07. The van der Waals surface area contributed by atoms with Crippen LogP contribution in [0.2, 0.25) is 0 Å². The normalized spacial score (nSPS) is 9.74. The molecule has 0 aliphatic rings. The van der Waals surface area contributed by atoms with E-state index in [1.807, 2.05) is 12.1 Å². The molecule has 0 radical (unpaired) electrons. The summed E-state index contributed by atoms with van der Waals surface area (Å²) in [6, 6.07) is 17.9. The molecule has 0 amide bonds. The van der Waals surface area contributed by atoms with Crippen LogP contribution in [0, 0.1) is 0 Å². The maximum atomic E-state index is 11.8. The Morgan fingerprint density at radius 2 is 1.17 bits per heavy atom. The van der Waals surface area contributed by atoms with Gasteiger partial charge in [-0.1, -0.05) is 65.8 Å². The Hall–Kier alpha value is -3.15. The van der Waals surface area contributed by atoms with E-state index in [0.717, 1.165) is 11.1 Å². The van der Waals surface area contributed by atoms with Gasteiger partial charge in [0, 0.05) is 0 Å². The topological polar surface area (TPSA) is 85.2 Å². The average Bonchev–Trinajstić information content (AvgIpc) is 2.60. The second kappa shape index (κ2) is 8.33. The van der Waals surface area contributed by atoms with Crippen LogP contribution in [0.3, 0.4) is 0 Å². The highest BCUT2D eigenvalue weighted by Crippen LogP contribution is 2.04. The van der Waals surface area contributed by atoms with Gasteiger partial charge in [-0.3, -0.25) is 0 Å². The number of nitrogens with zero attached hydrogens (tertiary/aromatic N) is 1. The zero-order valence-corrected chi connectivity index (χ0v) is 12.2. The van der Waals surface area contributed by atoms with Crippen LogP contribution in [-0.4, -0.2) is 22.9 Å². The van der Waals surface area contributed by atoms with Crippen molar-refractivity contribution in [2.45, 2.75) is 13.2 Å². The van der Waals surface area contributed by atoms with E-state index < -0.39 is 17.7 Å². The number of esters is 2. The second-order valence-corrected chi connectivity index (χ2v) is 4.57. The van der Waals surface area contributed by atoms with E-state index in [1.165, 1.54) is 0 Å². The van der Waals surface area contributed by atoms with Crippen molar-refractivity contribution in [1.29, 1.82) is 0 Å². The second-order valence-electron chi connectivity index (χ2n) is 4.57. The minimum atomic E-state index is -1.05. The van der Waals surface area contributed by atoms with Crippen molar-refractivity contribution in [2.75, 3.05) is 0 Å². The van der Waals surface area contributed by atoms with E-state index in [0.29, 0.717) is 0 Å². The van der Waals surface area contributed by atoms with Crippen molar-refractivity contribution in [3.63, 3.8) is 0 Å². The first-order chi connectivity index (χ1) is 11.2. The van der Waals surface area contributed by atoms with Gasteiger partial charge >= 0.3 is 11.9 Å². The van der Waals surface area contributed by atoms with Gasteiger partial charge in [-0.2, -0.15) is 0 Å². The Kier molecular flexibility index (Phi) is 5.88. The molecule has 0 heterocycles. The van der Waals surface area contributed by atoms with Gasteiger partial charge in [-0.05, 0) is 11.1 Å². The fourth-order valence-corrected chi connectivity index (χ4v) is 1.75. The zero-order chi connectivity index (χ0) is 16.5. The molecule has 0 bridgehead atoms. The first-order valence-corrected chi connectivity index (χ1v) is 6.85. The summed E-state index contributed by atoms with van der Waals surface area (Å²) in [4.78, 5) is 23.6. The molecule has 0 aromatic heterocycles. The van der Waals surface area contributed by atoms with Gasteiger partial charge in [0.1, 0.15) is 13.2 Å². The molecule has 0 saturated carbocycles. The average molecular weight is 313 g/mol. The van der Waals surface area contributed by atoms with Crippen molar-refractivity contribution in [3.8, 4) is 0 Å². The van der Waals surface area contributed by atoms with Gasteiger partial charge in [0.25, 0.3) is 5.71 Å². The van der Waals surface area contributed by atoms with Gasteiger partial charge in [-0.15, -0.1) is 0 Å². The zero-order valence-electron chi connectivity index (χ0n) is 12.2. The van der Waals surface area contributed by atoms with Gasteiger partial charge in [0.15, 0.2) is 0 Å². The minimum absolute atomic E-state index is 0.0370. The minimum Gasteiger partial charge on any atom is -0.456 e. The van der Waals surface area contributed by atoms with Crippen LogP contribution in [0.5, 0.6) is 0 Å². The maximum absolute atomic E-state index is 11.8. The quantitative estimate of drug-likeness (QED) is 0.291. The summed E-state index contributed by atoms with van der Waals surface area (Å²) in [7, 11) is 0. The molecule has 0 atom stereocenters. The number of hydrogen-bond donors (Lipinski definition) is 1. The number of benzene rings is 2. The third-order valence-corrected chi connectivity index (χ3v) is 2.91. The summed E-state index contributed by atoms with van der Waals surface area (Å²) >= 11 is 0. The Bertz CT molecular complexity index is 625. The number of rotatable bonds is 6. The first kappa shape index (κ1) is 16.2. The summed E-state index contributed by atoms with van der Waals surface area (Å²) in [5.74, 6) is -2.09. The molecule has 0 aliphatic carbocycles. The number of hydrogen-bond acceptors (Lipinski definition) is 6. The lowest BCUT2D eigenvalue weighted by atomic mass is 10.2. The smallest absolute Gasteiger partial charge is 0.368 e. The summed E-state index contributed by atoms with van der Waals surface area (Å²) in [5.41, 5.74) is 0.698. The van der Waals surface area contributed by atoms with E-state index in [1.54, 1.807) is 48.5 Å². The first-order valence-electron chi connectivity index (χ1n) is 6.85. The highest BCUT2D eigenvalue weighted by Gasteiger charge is 2.25. The van der Waals surface area contributed by atoms with E-state index in [2.05, 4.69) is 5.16 Å². The molecule has 6 nitrogen and oxygen atoms in total. The van der Waals surface area contributed by atoms with Crippen LogP contribution in [0.15, 0.2) is 65.8 Å². The Balaban J connectivity index is 1.88. The summed E-state index contributed by atoms with van der Waals surface area (Å²) in [6.45, 7) is -0.0741. The monoisotopic (exact) mass is 313 g/mol. The van der Waals surface area contributed by atoms with Crippen LogP contribution in [0.25, 0.3) is 0 Å². The lowest BCUT2D eigenvalue weighted by molar-refractivity contribution is -0.142. The predicted octanol–water partition coefficient (Wildman–Crippen LogP) is 2.30. The molecule has 2 aromatic rings. The third-order valence-electron chi connectivity index (χ3n) is 2.91. The molecule has 2 aromatic carbocycles. The highest BCUT2D eigenvalue weighted by atomic mass is 16.6. The standard InChI is InChI=1S/C17H15NO5/c19-16(22-11-13-7-3-1-4-8-13)15(18-21)17(20)23-12-14-9-5-2-6-10-14/h1-10,21H,11-12H2. The summed E-state index contributed by atoms with van der Waals surface area (Å²) in [6.07, 6.45) is 0. The molecule has 0 saturated heterocycles. The lowest BCUT2D eigenvalue weighted by Crippen LogP contribution is -2.28. The number of ether oxygens (including phenoxy) is 2. The molecular formula is C17H15NO5. The van der Waals surface area contributed by atoms with E-state index in [-0.39, 0.29) is 13.2 Å². The molecule has 1 N–H and O–H groups in total. The van der Waals surface area contributed by atoms with Crippen molar-refractivity contribution in [2.24, 2.45) is 5.16 Å². The van der Waals surface area contributed by atoms with E-state index in [4.69, 9.17) is 14.7 Å². The number of oxime groups is 1. The third kappa shape index (κ3) is 4.96. The van der Waals surface area contributed by atoms with Crippen LogP contribution < -0.4 is 0 Å². The molecule has 0 fully saturated rings. The fourth-order valence-electron chi connectivity index (χ4n) is 1.75. The molecule has 0 unspecified atom stereocenters. The number of carbonyl (C=O) groups is 2. The van der Waals surface area contributed by atoms with Gasteiger partial charge < -0.3 is 14.7 Å². The summed E-state index contributed by atoms with van der Waals surface area (Å²) < 4.78 is 9.85. The SMILES string of the molecule is O=C(OCc1ccccc1)C(=NO)C(=O)OCc1ccccc1. The Morgan fingerprint density at radius 3 is 1.52 bits per heavy atom. The Morgan fingerprint density at radius 1 is 0.783 bits per heavy atom.